The van der Waals surface area contributed by atoms with Gasteiger partial charge in [-0.25, -0.2) is 17.9 Å². The molecule has 0 aromatic heterocycles. The van der Waals surface area contributed by atoms with Gasteiger partial charge in [-0.2, -0.15) is 5.26 Å². The number of carbonyl (C=O) groups is 2. The van der Waals surface area contributed by atoms with Crippen molar-refractivity contribution in [3.63, 3.8) is 0 Å². The van der Waals surface area contributed by atoms with Crippen LogP contribution in [0, 0.1) is 11.3 Å². The third kappa shape index (κ3) is 5.98. The van der Waals surface area contributed by atoms with Crippen LogP contribution in [0.3, 0.4) is 0 Å². The van der Waals surface area contributed by atoms with Crippen LogP contribution in [0.1, 0.15) is 23.7 Å². The Morgan fingerprint density at radius 2 is 2.00 bits per heavy atom. The van der Waals surface area contributed by atoms with Gasteiger partial charge >= 0.3 is 5.97 Å². The third-order valence-corrected chi connectivity index (χ3v) is 4.82. The summed E-state index contributed by atoms with van der Waals surface area (Å²) in [6.45, 7) is 5.19. The number of nitrogens with zero attached hydrogens (tertiary/aromatic N) is 2. The van der Waals surface area contributed by atoms with E-state index in [0.29, 0.717) is 0 Å². The number of amides is 1. The number of hydrogen-bond donors (Lipinski definition) is 1. The van der Waals surface area contributed by atoms with Gasteiger partial charge in [-0.1, -0.05) is 6.08 Å². The summed E-state index contributed by atoms with van der Waals surface area (Å²) in [5.74, 6) is -1.18. The molecule has 0 heterocycles. The van der Waals surface area contributed by atoms with Gasteiger partial charge in [0.1, 0.15) is 0 Å². The molecule has 0 radical (unpaired) electrons. The molecule has 1 N–H and O–H groups in total. The van der Waals surface area contributed by atoms with Crippen LogP contribution >= 0.6 is 0 Å². The van der Waals surface area contributed by atoms with Crippen LogP contribution in [0.2, 0.25) is 0 Å². The quantitative estimate of drug-likeness (QED) is 0.507. The summed E-state index contributed by atoms with van der Waals surface area (Å²) in [7, 11) is -2.17. The van der Waals surface area contributed by atoms with Gasteiger partial charge in [-0.3, -0.25) is 4.79 Å². The van der Waals surface area contributed by atoms with Crippen LogP contribution in [0.5, 0.6) is 0 Å². The lowest BCUT2D eigenvalue weighted by Crippen LogP contribution is -2.37. The Hall–Kier alpha value is -2.70. The minimum absolute atomic E-state index is 0.00346. The molecule has 9 heteroatoms. The Kier molecular flexibility index (Phi) is 7.96. The number of nitrogens with one attached hydrogen (secondary N) is 1. The lowest BCUT2D eigenvalue weighted by atomic mass is 10.2. The Labute approximate surface area is 153 Å². The number of carbonyl (C=O) groups excluding carboxylic acids is 2. The van der Waals surface area contributed by atoms with E-state index in [4.69, 9.17) is 10.00 Å². The number of likely N-dealkylation sites (N-methyl/N-ethyl adjacent to an activating group) is 1. The fourth-order valence-electron chi connectivity index (χ4n) is 1.94. The molecular weight excluding hydrogens is 358 g/mol. The summed E-state index contributed by atoms with van der Waals surface area (Å²) in [4.78, 5) is 25.5. The number of rotatable bonds is 9. The molecule has 0 aliphatic carbocycles. The van der Waals surface area contributed by atoms with Gasteiger partial charge in [0.25, 0.3) is 5.91 Å². The van der Waals surface area contributed by atoms with E-state index in [1.54, 1.807) is 0 Å². The predicted octanol–water partition coefficient (Wildman–Crippen LogP) is 1.07. The number of benzene rings is 1. The van der Waals surface area contributed by atoms with E-state index >= 15 is 0 Å². The summed E-state index contributed by atoms with van der Waals surface area (Å²) in [6, 6.07) is 7.08. The van der Waals surface area contributed by atoms with Crippen molar-refractivity contribution in [2.75, 3.05) is 20.1 Å². The molecule has 1 amide bonds. The summed E-state index contributed by atoms with van der Waals surface area (Å²) in [5, 5.41) is 8.53. The highest BCUT2D eigenvalue weighted by Crippen LogP contribution is 2.12. The standard InChI is InChI=1S/C17H21N3O5S/c1-4-11-19-26(23,24)15-8-6-14(7-9-15)17(22)25-13(2)16(21)20(3)12-5-10-18/h4,6-9,13,19H,1,5,11-12H2,2-3H3/t13-/m0/s1. The van der Waals surface area contributed by atoms with Crippen LogP contribution in [0.15, 0.2) is 41.8 Å². The van der Waals surface area contributed by atoms with Crippen molar-refractivity contribution in [1.82, 2.24) is 9.62 Å². The van der Waals surface area contributed by atoms with E-state index in [9.17, 15) is 18.0 Å². The number of esters is 1. The zero-order valence-corrected chi connectivity index (χ0v) is 15.5. The lowest BCUT2D eigenvalue weighted by molar-refractivity contribution is -0.138. The van der Waals surface area contributed by atoms with Crippen molar-refractivity contribution in [1.29, 1.82) is 5.26 Å². The first kappa shape index (κ1) is 21.3. The zero-order chi connectivity index (χ0) is 19.7. The topological polar surface area (TPSA) is 117 Å². The number of nitriles is 1. The van der Waals surface area contributed by atoms with Gasteiger partial charge in [0.2, 0.25) is 10.0 Å². The maximum atomic E-state index is 12.1. The smallest absolute Gasteiger partial charge is 0.338 e. The fourth-order valence-corrected chi connectivity index (χ4v) is 2.94. The summed E-state index contributed by atoms with van der Waals surface area (Å²) >= 11 is 0. The molecule has 26 heavy (non-hydrogen) atoms. The van der Waals surface area contributed by atoms with Gasteiger partial charge in [-0.15, -0.1) is 6.58 Å². The largest absolute Gasteiger partial charge is 0.449 e. The molecule has 0 spiro atoms. The van der Waals surface area contributed by atoms with Gasteiger partial charge < -0.3 is 9.64 Å². The molecule has 1 rings (SSSR count). The zero-order valence-electron chi connectivity index (χ0n) is 14.6. The Morgan fingerprint density at radius 1 is 1.38 bits per heavy atom. The Morgan fingerprint density at radius 3 is 2.54 bits per heavy atom. The first-order valence-corrected chi connectivity index (χ1v) is 9.24. The van der Waals surface area contributed by atoms with Gasteiger partial charge in [-0.05, 0) is 31.2 Å². The van der Waals surface area contributed by atoms with Crippen molar-refractivity contribution < 1.29 is 22.7 Å². The van der Waals surface area contributed by atoms with Crippen molar-refractivity contribution in [3.8, 4) is 6.07 Å². The molecule has 0 saturated heterocycles. The van der Waals surface area contributed by atoms with E-state index in [2.05, 4.69) is 11.3 Å². The van der Waals surface area contributed by atoms with Gasteiger partial charge in [0.05, 0.1) is 22.9 Å². The highest BCUT2D eigenvalue weighted by molar-refractivity contribution is 7.89. The van der Waals surface area contributed by atoms with E-state index < -0.39 is 28.0 Å². The minimum Gasteiger partial charge on any atom is -0.449 e. The summed E-state index contributed by atoms with van der Waals surface area (Å²) < 4.78 is 31.3. The Bertz CT molecular complexity index is 797. The monoisotopic (exact) mass is 379 g/mol. The first-order valence-electron chi connectivity index (χ1n) is 7.76. The molecule has 1 atom stereocenters. The molecule has 0 aliphatic rings. The van der Waals surface area contributed by atoms with Crippen molar-refractivity contribution in [3.05, 3.63) is 42.5 Å². The highest BCUT2D eigenvalue weighted by atomic mass is 32.2. The molecule has 1 aromatic rings. The SMILES string of the molecule is C=CCNS(=O)(=O)c1ccc(C(=O)O[C@@H](C)C(=O)N(C)CCC#N)cc1. The second-order valence-electron chi connectivity index (χ2n) is 5.38. The predicted molar refractivity (Wildman–Crippen MR) is 94.6 cm³/mol. The van der Waals surface area contributed by atoms with Gasteiger partial charge in [0, 0.05) is 20.1 Å². The molecule has 0 bridgehead atoms. The molecule has 0 aliphatic heterocycles. The average Bonchev–Trinajstić information content (AvgIpc) is 2.63. The van der Waals surface area contributed by atoms with Gasteiger partial charge in [0.15, 0.2) is 6.10 Å². The second kappa shape index (κ2) is 9.70. The summed E-state index contributed by atoms with van der Waals surface area (Å²) in [5.41, 5.74) is 0.118. The maximum Gasteiger partial charge on any atom is 0.338 e. The van der Waals surface area contributed by atoms with Crippen LogP contribution in [0.25, 0.3) is 0 Å². The van der Waals surface area contributed by atoms with E-state index in [1.807, 2.05) is 6.07 Å². The molecule has 0 saturated carbocycles. The lowest BCUT2D eigenvalue weighted by Gasteiger charge is -2.20. The normalized spacial score (nSPS) is 11.9. The molecule has 0 unspecified atom stereocenters. The van der Waals surface area contributed by atoms with E-state index in [-0.39, 0.29) is 30.0 Å². The van der Waals surface area contributed by atoms with E-state index in [1.165, 1.54) is 49.2 Å². The van der Waals surface area contributed by atoms with E-state index in [0.717, 1.165) is 0 Å². The third-order valence-electron chi connectivity index (χ3n) is 3.38. The fraction of sp³-hybridized carbons (Fsp3) is 0.353. The van der Waals surface area contributed by atoms with Crippen molar-refractivity contribution in [2.45, 2.75) is 24.3 Å². The molecular formula is C17H21N3O5S. The van der Waals surface area contributed by atoms with Crippen molar-refractivity contribution >= 4 is 21.9 Å². The van der Waals surface area contributed by atoms with Crippen LogP contribution in [-0.4, -0.2) is 51.4 Å². The highest BCUT2D eigenvalue weighted by Gasteiger charge is 2.22. The van der Waals surface area contributed by atoms with Crippen LogP contribution in [-0.2, 0) is 19.6 Å². The number of sulfonamides is 1. The second-order valence-corrected chi connectivity index (χ2v) is 7.15. The van der Waals surface area contributed by atoms with Crippen LogP contribution in [0.4, 0.5) is 0 Å². The molecule has 0 fully saturated rings. The first-order chi connectivity index (χ1) is 12.2. The maximum absolute atomic E-state index is 12.1. The van der Waals surface area contributed by atoms with Crippen LogP contribution < -0.4 is 4.72 Å². The van der Waals surface area contributed by atoms with Crippen molar-refractivity contribution in [2.24, 2.45) is 0 Å². The molecule has 8 nitrogen and oxygen atoms in total. The molecule has 1 aromatic carbocycles. The summed E-state index contributed by atoms with van der Waals surface area (Å²) in [6.07, 6.45) is 0.567. The Balaban J connectivity index is 2.75. The molecule has 140 valence electrons. The number of hydrogen-bond acceptors (Lipinski definition) is 6. The number of ether oxygens (including phenoxy) is 1. The average molecular weight is 379 g/mol. The minimum atomic E-state index is -3.68.